The average molecular weight is 268 g/mol. The lowest BCUT2D eigenvalue weighted by Crippen LogP contribution is -2.19. The van der Waals surface area contributed by atoms with E-state index < -0.39 is 0 Å². The summed E-state index contributed by atoms with van der Waals surface area (Å²) in [4.78, 5) is 8.86. The van der Waals surface area contributed by atoms with Crippen molar-refractivity contribution in [3.63, 3.8) is 0 Å². The highest BCUT2D eigenvalue weighted by molar-refractivity contribution is 6.29. The number of hydrogen-bond donors (Lipinski definition) is 1. The maximum atomic E-state index is 6.06. The van der Waals surface area contributed by atoms with Crippen molar-refractivity contribution in [2.45, 2.75) is 52.4 Å². The molecule has 0 saturated heterocycles. The molecule has 0 aromatic carbocycles. The molecule has 100 valence electrons. The van der Waals surface area contributed by atoms with Crippen molar-refractivity contribution in [1.82, 2.24) is 9.97 Å². The van der Waals surface area contributed by atoms with Gasteiger partial charge in [0.2, 0.25) is 0 Å². The molecule has 0 aliphatic heterocycles. The van der Waals surface area contributed by atoms with Crippen LogP contribution in [0.25, 0.3) is 0 Å². The molecule has 0 atom stereocenters. The quantitative estimate of drug-likeness (QED) is 0.837. The van der Waals surface area contributed by atoms with E-state index in [0.717, 1.165) is 18.2 Å². The zero-order valence-corrected chi connectivity index (χ0v) is 12.4. The second-order valence-electron chi connectivity index (χ2n) is 6.36. The molecule has 1 aromatic heterocycles. The molecule has 1 fully saturated rings. The lowest BCUT2D eigenvalue weighted by Gasteiger charge is -2.19. The van der Waals surface area contributed by atoms with Gasteiger partial charge in [0, 0.05) is 18.0 Å². The number of aromatic nitrogens is 2. The summed E-state index contributed by atoms with van der Waals surface area (Å²) in [6, 6.07) is 1.81. The number of nitrogens with one attached hydrogen (secondary N) is 1. The summed E-state index contributed by atoms with van der Waals surface area (Å²) in [6.07, 6.45) is 3.87. The molecule has 0 bridgehead atoms. The molecular formula is C14H22ClN3. The van der Waals surface area contributed by atoms with E-state index in [1.807, 2.05) is 6.07 Å². The molecule has 3 nitrogen and oxygen atoms in total. The van der Waals surface area contributed by atoms with Gasteiger partial charge in [0.15, 0.2) is 0 Å². The van der Waals surface area contributed by atoms with E-state index in [1.54, 1.807) is 0 Å². The molecule has 1 aromatic rings. The van der Waals surface area contributed by atoms with Crippen LogP contribution in [0.15, 0.2) is 6.07 Å². The predicted molar refractivity (Wildman–Crippen MR) is 76.2 cm³/mol. The molecular weight excluding hydrogens is 246 g/mol. The van der Waals surface area contributed by atoms with E-state index in [9.17, 15) is 0 Å². The van der Waals surface area contributed by atoms with Crippen LogP contribution in [0.4, 0.5) is 5.82 Å². The topological polar surface area (TPSA) is 37.8 Å². The fourth-order valence-corrected chi connectivity index (χ4v) is 2.14. The van der Waals surface area contributed by atoms with E-state index in [1.165, 1.54) is 19.3 Å². The molecule has 0 spiro atoms. The van der Waals surface area contributed by atoms with Crippen LogP contribution in [0, 0.1) is 5.41 Å². The minimum atomic E-state index is -0.0800. The summed E-state index contributed by atoms with van der Waals surface area (Å²) >= 11 is 6.06. The highest BCUT2D eigenvalue weighted by atomic mass is 35.5. The Bertz CT molecular complexity index is 433. The molecule has 0 unspecified atom stereocenters. The summed E-state index contributed by atoms with van der Waals surface area (Å²) in [5.41, 5.74) is 0.419. The van der Waals surface area contributed by atoms with E-state index >= 15 is 0 Å². The van der Waals surface area contributed by atoms with Crippen LogP contribution in [0.3, 0.4) is 0 Å². The van der Waals surface area contributed by atoms with Crippen LogP contribution in [0.1, 0.15) is 52.8 Å². The molecule has 1 aliphatic rings. The first-order valence-corrected chi connectivity index (χ1v) is 7.01. The van der Waals surface area contributed by atoms with Gasteiger partial charge in [0.25, 0.3) is 0 Å². The van der Waals surface area contributed by atoms with Gasteiger partial charge in [-0.1, -0.05) is 39.3 Å². The Morgan fingerprint density at radius 3 is 2.50 bits per heavy atom. The van der Waals surface area contributed by atoms with Crippen LogP contribution in [-0.4, -0.2) is 16.5 Å². The standard InChI is InChI=1S/C14H22ClN3/c1-5-14(6-7-14)9-16-11-8-10(15)17-12(18-11)13(2,3)4/h8H,5-7,9H2,1-4H3,(H,16,17,18). The number of halogens is 1. The van der Waals surface area contributed by atoms with Gasteiger partial charge in [-0.2, -0.15) is 0 Å². The van der Waals surface area contributed by atoms with Gasteiger partial charge < -0.3 is 5.32 Å². The fourth-order valence-electron chi connectivity index (χ4n) is 1.95. The van der Waals surface area contributed by atoms with E-state index in [4.69, 9.17) is 11.6 Å². The molecule has 4 heteroatoms. The minimum absolute atomic E-state index is 0.0800. The minimum Gasteiger partial charge on any atom is -0.369 e. The van der Waals surface area contributed by atoms with Crippen LogP contribution in [-0.2, 0) is 5.41 Å². The van der Waals surface area contributed by atoms with Crippen LogP contribution in [0.5, 0.6) is 0 Å². The normalized spacial score (nSPS) is 17.6. The molecule has 2 rings (SSSR count). The lowest BCUT2D eigenvalue weighted by atomic mass is 9.96. The number of anilines is 1. The highest BCUT2D eigenvalue weighted by Gasteiger charge is 2.40. The Kier molecular flexibility index (Phi) is 3.54. The maximum Gasteiger partial charge on any atom is 0.137 e. The molecule has 1 heterocycles. The Labute approximate surface area is 114 Å². The zero-order valence-electron chi connectivity index (χ0n) is 11.7. The molecule has 1 saturated carbocycles. The van der Waals surface area contributed by atoms with Gasteiger partial charge in [-0.25, -0.2) is 9.97 Å². The Morgan fingerprint density at radius 1 is 1.33 bits per heavy atom. The summed E-state index contributed by atoms with van der Waals surface area (Å²) < 4.78 is 0. The summed E-state index contributed by atoms with van der Waals surface area (Å²) in [7, 11) is 0. The summed E-state index contributed by atoms with van der Waals surface area (Å²) in [5.74, 6) is 1.64. The Balaban J connectivity index is 2.11. The Hall–Kier alpha value is -0.830. The summed E-state index contributed by atoms with van der Waals surface area (Å²) in [5, 5.41) is 3.93. The van der Waals surface area contributed by atoms with E-state index in [2.05, 4.69) is 43.0 Å². The van der Waals surface area contributed by atoms with Gasteiger partial charge in [-0.05, 0) is 24.7 Å². The molecule has 0 radical (unpaired) electrons. The van der Waals surface area contributed by atoms with Crippen molar-refractivity contribution in [3.8, 4) is 0 Å². The molecule has 18 heavy (non-hydrogen) atoms. The highest BCUT2D eigenvalue weighted by Crippen LogP contribution is 2.48. The zero-order chi connectivity index (χ0) is 13.4. The first-order valence-electron chi connectivity index (χ1n) is 6.64. The largest absolute Gasteiger partial charge is 0.369 e. The second-order valence-corrected chi connectivity index (χ2v) is 6.74. The number of nitrogens with zero attached hydrogens (tertiary/aromatic N) is 2. The van der Waals surface area contributed by atoms with Crippen molar-refractivity contribution in [2.24, 2.45) is 5.41 Å². The van der Waals surface area contributed by atoms with Crippen LogP contribution < -0.4 is 5.32 Å². The van der Waals surface area contributed by atoms with Gasteiger partial charge in [0.1, 0.15) is 16.8 Å². The Morgan fingerprint density at radius 2 is 2.00 bits per heavy atom. The maximum absolute atomic E-state index is 6.06. The first-order chi connectivity index (χ1) is 8.35. The first kappa shape index (κ1) is 13.6. The van der Waals surface area contributed by atoms with Crippen molar-refractivity contribution in [3.05, 3.63) is 17.0 Å². The average Bonchev–Trinajstić information content (AvgIpc) is 3.05. The van der Waals surface area contributed by atoms with Crippen molar-refractivity contribution >= 4 is 17.4 Å². The van der Waals surface area contributed by atoms with Crippen LogP contribution in [0.2, 0.25) is 5.15 Å². The lowest BCUT2D eigenvalue weighted by molar-refractivity contribution is 0.518. The molecule has 0 amide bonds. The third-order valence-corrected chi connectivity index (χ3v) is 3.91. The number of rotatable bonds is 4. The molecule has 1 aliphatic carbocycles. The van der Waals surface area contributed by atoms with Gasteiger partial charge >= 0.3 is 0 Å². The van der Waals surface area contributed by atoms with Crippen molar-refractivity contribution < 1.29 is 0 Å². The third-order valence-electron chi connectivity index (χ3n) is 3.72. The van der Waals surface area contributed by atoms with Gasteiger partial charge in [-0.3, -0.25) is 0 Å². The number of hydrogen-bond acceptors (Lipinski definition) is 3. The van der Waals surface area contributed by atoms with Crippen molar-refractivity contribution in [1.29, 1.82) is 0 Å². The van der Waals surface area contributed by atoms with Crippen LogP contribution >= 0.6 is 11.6 Å². The third kappa shape index (κ3) is 3.14. The van der Waals surface area contributed by atoms with Gasteiger partial charge in [0.05, 0.1) is 0 Å². The molecule has 1 N–H and O–H groups in total. The fraction of sp³-hybridized carbons (Fsp3) is 0.714. The van der Waals surface area contributed by atoms with E-state index in [0.29, 0.717) is 10.6 Å². The van der Waals surface area contributed by atoms with E-state index in [-0.39, 0.29) is 5.41 Å². The monoisotopic (exact) mass is 267 g/mol. The summed E-state index contributed by atoms with van der Waals surface area (Å²) in [6.45, 7) is 9.52. The van der Waals surface area contributed by atoms with Crippen molar-refractivity contribution in [2.75, 3.05) is 11.9 Å². The smallest absolute Gasteiger partial charge is 0.137 e. The SMILES string of the molecule is CCC1(CNc2cc(Cl)nc(C(C)(C)C)n2)CC1. The predicted octanol–water partition coefficient (Wildman–Crippen LogP) is 4.03. The van der Waals surface area contributed by atoms with Gasteiger partial charge in [-0.15, -0.1) is 0 Å². The second kappa shape index (κ2) is 4.69.